The first-order valence-corrected chi connectivity index (χ1v) is 33.6. The van der Waals surface area contributed by atoms with Crippen LogP contribution in [0, 0.1) is 71.0 Å². The van der Waals surface area contributed by atoms with E-state index in [1.54, 1.807) is 0 Å². The molecule has 0 aromatic heterocycles. The number of aliphatic hydroxyl groups excluding tert-OH is 7. The summed E-state index contributed by atoms with van der Waals surface area (Å²) >= 11 is 0. The highest BCUT2D eigenvalue weighted by molar-refractivity contribution is 5.87. The summed E-state index contributed by atoms with van der Waals surface area (Å²) in [5, 5.41) is 76.6. The maximum atomic E-state index is 11.5. The lowest BCUT2D eigenvalue weighted by Gasteiger charge is -2.31. The van der Waals surface area contributed by atoms with Gasteiger partial charge < -0.3 is 51.7 Å². The molecule has 3 heterocycles. The van der Waals surface area contributed by atoms with Gasteiger partial charge in [0.15, 0.2) is 40.5 Å². The summed E-state index contributed by atoms with van der Waals surface area (Å²) in [6, 6.07) is -0.0106. The van der Waals surface area contributed by atoms with Crippen LogP contribution in [0.5, 0.6) is 0 Å². The average Bonchev–Trinajstić information content (AvgIpc) is 4.39. The highest BCUT2D eigenvalue weighted by Crippen LogP contribution is 2.32. The summed E-state index contributed by atoms with van der Waals surface area (Å²) in [6.07, 6.45) is 19.0. The lowest BCUT2D eigenvalue weighted by atomic mass is 9.78. The maximum Gasteiger partial charge on any atom is 0.165 e. The molecule has 10 N–H and O–H groups in total. The van der Waals surface area contributed by atoms with Crippen molar-refractivity contribution in [1.82, 2.24) is 16.0 Å². The number of piperidine rings is 1. The van der Waals surface area contributed by atoms with E-state index in [0.717, 1.165) is 110 Å². The van der Waals surface area contributed by atoms with E-state index in [0.29, 0.717) is 0 Å². The Morgan fingerprint density at radius 3 is 0.671 bits per heavy atom. The molecule has 0 amide bonds. The molecule has 3 saturated heterocycles. The average molecular weight is 1210 g/mol. The Kier molecular flexibility index (Phi) is 40.7. The van der Waals surface area contributed by atoms with Gasteiger partial charge in [0.1, 0.15) is 42.7 Å². The van der Waals surface area contributed by atoms with Crippen LogP contribution in [0.1, 0.15) is 238 Å². The number of hydrogen-bond donors (Lipinski definition) is 10. The number of rotatable bonds is 21. The van der Waals surface area contributed by atoms with E-state index in [1.165, 1.54) is 57.8 Å². The van der Waals surface area contributed by atoms with Crippen molar-refractivity contribution < 1.29 is 69.3 Å². The van der Waals surface area contributed by atoms with E-state index >= 15 is 0 Å². The van der Waals surface area contributed by atoms with Gasteiger partial charge in [0.2, 0.25) is 0 Å². The fourth-order valence-corrected chi connectivity index (χ4v) is 11.5. The zero-order valence-corrected chi connectivity index (χ0v) is 55.5. The molecule has 4 aliphatic carbocycles. The standard InChI is InChI=1S/2C11H20O2.C10H19NO2.C10H18O2.C9H17NO2.C9H16O2.C8H15NO2/c2*1-8(2)10(12)11(13)9-6-4-3-5-7-9;1-7(2)9(12)10(13)8-5-3-4-6-11-8;1-7(2)9(11)10(12)8-5-3-4-6-8;1-6(2)8(11)9(12)7-4-3-5-10-7;1-6(2)8(10)9(11)7-4-3-5-7;1-5(2)7(10)8(11)6-3-9-4-6/h2*8-9,11,13H,3-7H2,1-2H3;7-8,10-11,13H,3-6H2,1-2H3;7-8,10,12H,3-6H2,1-2H3;6-7,9-10,12H,3-5H2,1-2H3;6-7,9,11H,3-5H2,1-2H3;5-6,8-9,11H,3-4H2,1-2H3. The first kappa shape index (κ1) is 80.3. The first-order valence-electron chi connectivity index (χ1n) is 33.6. The lowest BCUT2D eigenvalue weighted by Crippen LogP contribution is -2.51. The van der Waals surface area contributed by atoms with Crippen molar-refractivity contribution in [2.45, 2.75) is 293 Å². The van der Waals surface area contributed by atoms with Gasteiger partial charge in [-0.1, -0.05) is 161 Å². The molecular formula is C68H125N3O14. The van der Waals surface area contributed by atoms with Crippen LogP contribution in [0.3, 0.4) is 0 Å². The number of aliphatic hydroxyl groups is 7. The topological polar surface area (TPSA) is 297 Å². The minimum Gasteiger partial charge on any atom is -0.385 e. The van der Waals surface area contributed by atoms with Gasteiger partial charge in [-0.05, 0) is 114 Å². The number of carbonyl (C=O) groups excluding carboxylic acids is 7. The zero-order valence-electron chi connectivity index (χ0n) is 55.5. The molecule has 17 heteroatoms. The number of carbonyl (C=O) groups is 7. The van der Waals surface area contributed by atoms with E-state index in [4.69, 9.17) is 0 Å². The number of Topliss-reactive ketones (excluding diaryl/α,β-unsaturated/α-hetero) is 7. The number of nitrogens with one attached hydrogen (secondary N) is 3. The van der Waals surface area contributed by atoms with Gasteiger partial charge >= 0.3 is 0 Å². The van der Waals surface area contributed by atoms with Crippen LogP contribution >= 0.6 is 0 Å². The van der Waals surface area contributed by atoms with Crippen molar-refractivity contribution in [2.24, 2.45) is 71.0 Å². The Hall–Kier alpha value is -2.71. The molecule has 496 valence electrons. The van der Waals surface area contributed by atoms with Crippen LogP contribution < -0.4 is 16.0 Å². The summed E-state index contributed by atoms with van der Waals surface area (Å²) in [6.45, 7) is 29.1. The molecule has 7 rings (SSSR count). The third-order valence-corrected chi connectivity index (χ3v) is 18.1. The molecule has 0 bridgehead atoms. The smallest absolute Gasteiger partial charge is 0.165 e. The summed E-state index contributed by atoms with van der Waals surface area (Å²) in [7, 11) is 0. The van der Waals surface area contributed by atoms with Gasteiger partial charge in [0.25, 0.3) is 0 Å². The molecule has 85 heavy (non-hydrogen) atoms. The van der Waals surface area contributed by atoms with Crippen molar-refractivity contribution in [1.29, 1.82) is 0 Å². The summed E-state index contributed by atoms with van der Waals surface area (Å²) < 4.78 is 0. The molecular weight excluding hydrogens is 1080 g/mol. The maximum absolute atomic E-state index is 11.5. The van der Waals surface area contributed by atoms with Gasteiger partial charge in [-0.15, -0.1) is 0 Å². The van der Waals surface area contributed by atoms with E-state index in [1.807, 2.05) is 96.9 Å². The summed E-state index contributed by atoms with van der Waals surface area (Å²) in [5.41, 5.74) is 0. The number of hydrogen-bond acceptors (Lipinski definition) is 17. The van der Waals surface area contributed by atoms with Gasteiger partial charge in [-0.3, -0.25) is 33.6 Å². The predicted molar refractivity (Wildman–Crippen MR) is 336 cm³/mol. The van der Waals surface area contributed by atoms with E-state index < -0.39 is 42.7 Å². The Balaban J connectivity index is 0.000000496. The molecule has 17 nitrogen and oxygen atoms in total. The molecule has 7 aliphatic rings. The molecule has 0 spiro atoms. The summed E-state index contributed by atoms with van der Waals surface area (Å²) in [5.74, 6) is 0.800. The van der Waals surface area contributed by atoms with Gasteiger partial charge in [0, 0.05) is 72.5 Å². The Labute approximate surface area is 514 Å². The van der Waals surface area contributed by atoms with Crippen LogP contribution in [0.2, 0.25) is 0 Å². The van der Waals surface area contributed by atoms with E-state index in [2.05, 4.69) is 16.0 Å². The third kappa shape index (κ3) is 29.6. The molecule has 4 saturated carbocycles. The fraction of sp³-hybridized carbons (Fsp3) is 0.897. The second-order valence-electron chi connectivity index (χ2n) is 27.7. The lowest BCUT2D eigenvalue weighted by molar-refractivity contribution is -0.135. The molecule has 0 aromatic carbocycles. The largest absolute Gasteiger partial charge is 0.385 e. The number of ketones is 7. The second kappa shape index (κ2) is 43.1. The zero-order chi connectivity index (χ0) is 64.7. The molecule has 9 atom stereocenters. The van der Waals surface area contributed by atoms with Gasteiger partial charge in [0.05, 0.1) is 0 Å². The van der Waals surface area contributed by atoms with Crippen LogP contribution in [0.4, 0.5) is 0 Å². The minimum absolute atomic E-state index is 0.0000926. The second-order valence-corrected chi connectivity index (χ2v) is 27.7. The van der Waals surface area contributed by atoms with E-state index in [-0.39, 0.29) is 124 Å². The third-order valence-electron chi connectivity index (χ3n) is 18.1. The molecule has 7 fully saturated rings. The molecule has 0 aromatic rings. The van der Waals surface area contributed by atoms with Crippen LogP contribution in [-0.4, -0.2) is 157 Å². The first-order chi connectivity index (χ1) is 39.9. The molecule has 0 radical (unpaired) electrons. The van der Waals surface area contributed by atoms with Crippen molar-refractivity contribution in [3.8, 4) is 0 Å². The molecule has 9 unspecified atom stereocenters. The Morgan fingerprint density at radius 1 is 0.259 bits per heavy atom. The predicted octanol–water partition coefficient (Wildman–Crippen LogP) is 8.27. The van der Waals surface area contributed by atoms with Gasteiger partial charge in [-0.25, -0.2) is 0 Å². The SMILES string of the molecule is CC(C)C(=O)C(O)C1CCC1.CC(C)C(=O)C(O)C1CCCC1.CC(C)C(=O)C(O)C1CCCCC1.CC(C)C(=O)C(O)C1CCCCC1.CC(C)C(=O)C(O)C1CCCCN1.CC(C)C(=O)C(O)C1CCCN1.CC(C)C(=O)C(O)C1CNC1. The summed E-state index contributed by atoms with van der Waals surface area (Å²) in [4.78, 5) is 79.6. The van der Waals surface area contributed by atoms with Crippen LogP contribution in [0.15, 0.2) is 0 Å². The quantitative estimate of drug-likeness (QED) is 0.0517. The van der Waals surface area contributed by atoms with Crippen molar-refractivity contribution in [3.63, 3.8) is 0 Å². The highest BCUT2D eigenvalue weighted by atomic mass is 16.3. The van der Waals surface area contributed by atoms with E-state index in [9.17, 15) is 69.3 Å². The van der Waals surface area contributed by atoms with Gasteiger partial charge in [-0.2, -0.15) is 0 Å². The van der Waals surface area contributed by atoms with Crippen molar-refractivity contribution >= 4 is 40.5 Å². The van der Waals surface area contributed by atoms with Crippen LogP contribution in [0.25, 0.3) is 0 Å². The highest BCUT2D eigenvalue weighted by Gasteiger charge is 2.35. The minimum atomic E-state index is -0.805. The van der Waals surface area contributed by atoms with Crippen molar-refractivity contribution in [3.05, 3.63) is 0 Å². The molecule has 3 aliphatic heterocycles. The van der Waals surface area contributed by atoms with Crippen LogP contribution in [-0.2, 0) is 33.6 Å². The monoisotopic (exact) mass is 1210 g/mol. The van der Waals surface area contributed by atoms with Crippen molar-refractivity contribution in [2.75, 3.05) is 26.2 Å². The Bertz CT molecular complexity index is 1720. The Morgan fingerprint density at radius 2 is 0.471 bits per heavy atom. The normalized spacial score (nSPS) is 23.0. The fourth-order valence-electron chi connectivity index (χ4n) is 11.5.